The molecule has 0 spiro atoms. The summed E-state index contributed by atoms with van der Waals surface area (Å²) in [6, 6.07) is 0. The van der Waals surface area contributed by atoms with Gasteiger partial charge in [-0.15, -0.1) is 0 Å². The average Bonchev–Trinajstić information content (AvgIpc) is 3.25. The summed E-state index contributed by atoms with van der Waals surface area (Å²) in [7, 11) is 3.70. The first-order valence-electron chi connectivity index (χ1n) is 26.1. The molecular formula is C52H97NO10. The minimum Gasteiger partial charge on any atom is -0.466 e. The van der Waals surface area contributed by atoms with Crippen molar-refractivity contribution in [1.82, 2.24) is 4.90 Å². The third kappa shape index (κ3) is 40.6. The number of nitrogens with zero attached hydrogens (tertiary/aromatic N) is 1. The molecule has 0 radical (unpaired) electrons. The van der Waals surface area contributed by atoms with Crippen molar-refractivity contribution in [2.24, 2.45) is 0 Å². The summed E-state index contributed by atoms with van der Waals surface area (Å²) in [5.74, 6) is -2.32. The Kier molecular flexibility index (Phi) is 42.6. The topological polar surface area (TPSA) is 135 Å². The number of likely N-dealkylation sites (N-methyl/N-ethyl adjacent to an activating group) is 1. The van der Waals surface area contributed by atoms with Gasteiger partial charge in [-0.3, -0.25) is 19.2 Å². The molecule has 11 heteroatoms. The molecule has 0 aliphatic carbocycles. The summed E-state index contributed by atoms with van der Waals surface area (Å²) in [5.41, 5.74) is 0. The highest BCUT2D eigenvalue weighted by Gasteiger charge is 2.28. The van der Waals surface area contributed by atoms with Crippen LogP contribution in [0.25, 0.3) is 0 Å². The van der Waals surface area contributed by atoms with Gasteiger partial charge in [0.1, 0.15) is 18.8 Å². The molecule has 0 amide bonds. The molecule has 0 aliphatic rings. The maximum Gasteiger partial charge on any atom is 0.348 e. The molecule has 63 heavy (non-hydrogen) atoms. The van der Waals surface area contributed by atoms with E-state index < -0.39 is 30.4 Å². The van der Waals surface area contributed by atoms with Gasteiger partial charge in [-0.05, 0) is 97.6 Å². The van der Waals surface area contributed by atoms with Crippen LogP contribution in [0.4, 0.5) is 0 Å². The van der Waals surface area contributed by atoms with E-state index in [2.05, 4.69) is 27.7 Å². The number of ether oxygens (including phenoxy) is 5. The van der Waals surface area contributed by atoms with E-state index in [9.17, 15) is 24.0 Å². The van der Waals surface area contributed by atoms with E-state index in [1.54, 1.807) is 0 Å². The van der Waals surface area contributed by atoms with Crippen molar-refractivity contribution in [1.29, 1.82) is 0 Å². The van der Waals surface area contributed by atoms with Crippen molar-refractivity contribution in [2.45, 2.75) is 271 Å². The molecule has 370 valence electrons. The van der Waals surface area contributed by atoms with Crippen LogP contribution in [0.15, 0.2) is 0 Å². The fraction of sp³-hybridized carbons (Fsp3) is 0.904. The summed E-state index contributed by atoms with van der Waals surface area (Å²) in [6.07, 6.45) is 31.2. The van der Waals surface area contributed by atoms with Gasteiger partial charge in [0.25, 0.3) is 0 Å². The van der Waals surface area contributed by atoms with Gasteiger partial charge in [0, 0.05) is 25.8 Å². The fourth-order valence-corrected chi connectivity index (χ4v) is 7.57. The first kappa shape index (κ1) is 60.3. The van der Waals surface area contributed by atoms with Crippen molar-refractivity contribution in [3.8, 4) is 0 Å². The van der Waals surface area contributed by atoms with E-state index in [0.29, 0.717) is 51.5 Å². The predicted octanol–water partition coefficient (Wildman–Crippen LogP) is 13.1. The second-order valence-electron chi connectivity index (χ2n) is 18.1. The Morgan fingerprint density at radius 1 is 0.381 bits per heavy atom. The second-order valence-corrected chi connectivity index (χ2v) is 18.1. The number of rotatable bonds is 46. The lowest BCUT2D eigenvalue weighted by molar-refractivity contribution is -0.172. The fourth-order valence-electron chi connectivity index (χ4n) is 7.57. The summed E-state index contributed by atoms with van der Waals surface area (Å²) >= 11 is 0. The van der Waals surface area contributed by atoms with Gasteiger partial charge in [0.2, 0.25) is 6.10 Å². The average molecular weight is 896 g/mol. The third-order valence-corrected chi connectivity index (χ3v) is 11.6. The van der Waals surface area contributed by atoms with E-state index in [4.69, 9.17) is 23.7 Å². The van der Waals surface area contributed by atoms with Crippen LogP contribution in [0.3, 0.4) is 0 Å². The Morgan fingerprint density at radius 3 is 1.14 bits per heavy atom. The second kappa shape index (κ2) is 44.5. The molecular weight excluding hydrogens is 799 g/mol. The van der Waals surface area contributed by atoms with Crippen molar-refractivity contribution in [2.75, 3.05) is 33.9 Å². The standard InChI is InChI=1S/C52H97NO10/c1-7-11-15-19-21-28-36-45(34-26-17-13-9-3)61-48(54)38-30-23-24-31-40-50(56)63-47(52(58)60-43-41-53(5)6)44-51(57)59-42-33-25-32-39-49(55)62-46(35-27-18-14-10-4)37-29-22-20-16-12-8-2/h45-47H,7-44H2,1-6H3. The Bertz CT molecular complexity index is 1040. The SMILES string of the molecule is CCCCCCCCC(CCCCCC)OC(=O)CCCCCCC(=O)OC(CC(=O)OCCCCCC(=O)OC(CCCCCC)CCCCCCCC)C(=O)OCCN(C)C. The van der Waals surface area contributed by atoms with Gasteiger partial charge in [-0.1, -0.05) is 143 Å². The van der Waals surface area contributed by atoms with Crippen LogP contribution < -0.4 is 0 Å². The Labute approximate surface area is 385 Å². The Morgan fingerprint density at radius 2 is 0.730 bits per heavy atom. The van der Waals surface area contributed by atoms with Crippen molar-refractivity contribution in [3.63, 3.8) is 0 Å². The highest BCUT2D eigenvalue weighted by Crippen LogP contribution is 2.20. The van der Waals surface area contributed by atoms with Crippen LogP contribution in [0.5, 0.6) is 0 Å². The summed E-state index contributed by atoms with van der Waals surface area (Å²) in [5, 5.41) is 0. The number of unbranched alkanes of at least 4 members (excludes halogenated alkanes) is 21. The Hall–Kier alpha value is -2.69. The van der Waals surface area contributed by atoms with Crippen molar-refractivity contribution in [3.05, 3.63) is 0 Å². The van der Waals surface area contributed by atoms with E-state index in [1.165, 1.54) is 103 Å². The van der Waals surface area contributed by atoms with Crippen LogP contribution in [-0.2, 0) is 47.7 Å². The molecule has 3 atom stereocenters. The van der Waals surface area contributed by atoms with Gasteiger partial charge in [-0.2, -0.15) is 0 Å². The molecule has 0 aromatic heterocycles. The summed E-state index contributed by atoms with van der Waals surface area (Å²) < 4.78 is 28.0. The molecule has 0 N–H and O–H groups in total. The maximum atomic E-state index is 12.9. The van der Waals surface area contributed by atoms with Crippen LogP contribution in [0.1, 0.15) is 252 Å². The highest BCUT2D eigenvalue weighted by atomic mass is 16.6. The first-order valence-corrected chi connectivity index (χ1v) is 26.1. The normalized spacial score (nSPS) is 12.7. The van der Waals surface area contributed by atoms with Crippen molar-refractivity contribution < 1.29 is 47.7 Å². The molecule has 0 saturated carbocycles. The van der Waals surface area contributed by atoms with E-state index >= 15 is 0 Å². The van der Waals surface area contributed by atoms with Crippen molar-refractivity contribution >= 4 is 29.8 Å². The maximum absolute atomic E-state index is 12.9. The molecule has 0 rings (SSSR count). The number of esters is 5. The predicted molar refractivity (Wildman–Crippen MR) is 254 cm³/mol. The van der Waals surface area contributed by atoms with Gasteiger partial charge < -0.3 is 28.6 Å². The van der Waals surface area contributed by atoms with E-state index in [-0.39, 0.29) is 43.8 Å². The minimum atomic E-state index is -1.39. The van der Waals surface area contributed by atoms with Crippen LogP contribution in [-0.4, -0.2) is 86.9 Å². The van der Waals surface area contributed by atoms with Crippen LogP contribution >= 0.6 is 0 Å². The lowest BCUT2D eigenvalue weighted by Gasteiger charge is -2.18. The van der Waals surface area contributed by atoms with E-state index in [0.717, 1.165) is 64.2 Å². The number of carbonyl (C=O) groups excluding carboxylic acids is 5. The summed E-state index contributed by atoms with van der Waals surface area (Å²) in [4.78, 5) is 65.7. The first-order chi connectivity index (χ1) is 30.6. The zero-order valence-electron chi connectivity index (χ0n) is 41.6. The molecule has 0 heterocycles. The highest BCUT2D eigenvalue weighted by molar-refractivity contribution is 5.84. The molecule has 11 nitrogen and oxygen atoms in total. The number of hydrogen-bond donors (Lipinski definition) is 0. The molecule has 3 unspecified atom stereocenters. The third-order valence-electron chi connectivity index (χ3n) is 11.6. The van der Waals surface area contributed by atoms with Crippen LogP contribution in [0.2, 0.25) is 0 Å². The van der Waals surface area contributed by atoms with Gasteiger partial charge in [0.05, 0.1) is 13.0 Å². The molecule has 0 aliphatic heterocycles. The number of hydrogen-bond acceptors (Lipinski definition) is 11. The molecule has 0 fully saturated rings. The Balaban J connectivity index is 4.70. The minimum absolute atomic E-state index is 0.000195. The largest absolute Gasteiger partial charge is 0.466 e. The lowest BCUT2D eigenvalue weighted by atomic mass is 10.0. The quantitative estimate of drug-likeness (QED) is 0.0328. The lowest BCUT2D eigenvalue weighted by Crippen LogP contribution is -2.33. The van der Waals surface area contributed by atoms with Crippen LogP contribution in [0, 0.1) is 0 Å². The molecule has 0 aromatic carbocycles. The van der Waals surface area contributed by atoms with Gasteiger partial charge in [0.15, 0.2) is 0 Å². The molecule has 0 saturated heterocycles. The van der Waals surface area contributed by atoms with Gasteiger partial charge >= 0.3 is 29.8 Å². The zero-order chi connectivity index (χ0) is 46.6. The molecule has 0 aromatic rings. The van der Waals surface area contributed by atoms with E-state index in [1.807, 2.05) is 19.0 Å². The van der Waals surface area contributed by atoms with Gasteiger partial charge in [-0.25, -0.2) is 4.79 Å². The summed E-state index contributed by atoms with van der Waals surface area (Å²) in [6.45, 7) is 9.55. The monoisotopic (exact) mass is 896 g/mol. The zero-order valence-corrected chi connectivity index (χ0v) is 41.6. The smallest absolute Gasteiger partial charge is 0.348 e. The molecule has 0 bridgehead atoms. The number of carbonyl (C=O) groups is 5.